The van der Waals surface area contributed by atoms with Crippen molar-refractivity contribution in [1.29, 1.82) is 0 Å². The number of nitrogens with zero attached hydrogens (tertiary/aromatic N) is 2. The summed E-state index contributed by atoms with van der Waals surface area (Å²) in [5.74, 6) is -2.23. The van der Waals surface area contributed by atoms with Crippen molar-refractivity contribution in [3.8, 4) is 22.9 Å². The summed E-state index contributed by atoms with van der Waals surface area (Å²) in [6.07, 6.45) is -1.10. The Morgan fingerprint density at radius 2 is 1.90 bits per heavy atom. The van der Waals surface area contributed by atoms with Crippen molar-refractivity contribution in [2.75, 3.05) is 6.54 Å². The van der Waals surface area contributed by atoms with E-state index in [1.165, 1.54) is 13.1 Å². The fourth-order valence-corrected chi connectivity index (χ4v) is 4.14. The lowest BCUT2D eigenvalue weighted by atomic mass is 9.88. The summed E-state index contributed by atoms with van der Waals surface area (Å²) in [7, 11) is 0. The van der Waals surface area contributed by atoms with Gasteiger partial charge in [0.2, 0.25) is 0 Å². The van der Waals surface area contributed by atoms with Gasteiger partial charge in [-0.15, -0.1) is 0 Å². The number of H-pyrrole nitrogens is 1. The van der Waals surface area contributed by atoms with E-state index in [1.54, 1.807) is 0 Å². The highest BCUT2D eigenvalue weighted by Crippen LogP contribution is 2.43. The molecule has 6 nitrogen and oxygen atoms in total. The van der Waals surface area contributed by atoms with E-state index in [0.29, 0.717) is 54.4 Å². The van der Waals surface area contributed by atoms with Crippen LogP contribution >= 0.6 is 0 Å². The monoisotopic (exact) mass is 432 g/mol. The molecule has 0 spiro atoms. The van der Waals surface area contributed by atoms with E-state index in [4.69, 9.17) is 4.74 Å². The van der Waals surface area contributed by atoms with Gasteiger partial charge in [-0.25, -0.2) is 9.37 Å². The molecule has 0 fully saturated rings. The summed E-state index contributed by atoms with van der Waals surface area (Å²) >= 11 is 0. The number of aromatic nitrogens is 3. The van der Waals surface area contributed by atoms with Gasteiger partial charge in [-0.1, -0.05) is 0 Å². The maximum atomic E-state index is 15.5. The summed E-state index contributed by atoms with van der Waals surface area (Å²) in [6, 6.07) is 1.09. The fourth-order valence-electron chi connectivity index (χ4n) is 4.14. The third-order valence-electron chi connectivity index (χ3n) is 5.54. The number of hydrogen-bond acceptors (Lipinski definition) is 4. The van der Waals surface area contributed by atoms with Crippen LogP contribution in [0.1, 0.15) is 38.4 Å². The van der Waals surface area contributed by atoms with Gasteiger partial charge in [0.25, 0.3) is 11.8 Å². The van der Waals surface area contributed by atoms with E-state index in [9.17, 15) is 18.0 Å². The third-order valence-corrected chi connectivity index (χ3v) is 5.54. The van der Waals surface area contributed by atoms with E-state index < -0.39 is 29.2 Å². The van der Waals surface area contributed by atoms with Gasteiger partial charge in [0.1, 0.15) is 11.3 Å². The maximum absolute atomic E-state index is 15.5. The zero-order chi connectivity index (χ0) is 21.9. The van der Waals surface area contributed by atoms with Crippen molar-refractivity contribution < 1.29 is 27.1 Å². The van der Waals surface area contributed by atoms with Crippen LogP contribution in [0.5, 0.6) is 11.6 Å². The molecule has 0 atom stereocenters. The Hall–Kier alpha value is -3.43. The predicted octanol–water partition coefficient (Wildman–Crippen LogP) is 4.11. The van der Waals surface area contributed by atoms with Gasteiger partial charge in [-0.2, -0.15) is 13.2 Å². The number of fused-ring (bicyclic) bond motifs is 5. The number of carbonyl (C=O) groups is 1. The third kappa shape index (κ3) is 3.13. The molecule has 3 aromatic rings. The van der Waals surface area contributed by atoms with E-state index in [-0.39, 0.29) is 17.2 Å². The maximum Gasteiger partial charge on any atom is 0.421 e. The quantitative estimate of drug-likeness (QED) is 0.598. The van der Waals surface area contributed by atoms with Crippen LogP contribution in [0.15, 0.2) is 18.5 Å². The van der Waals surface area contributed by atoms with Gasteiger partial charge < -0.3 is 15.0 Å². The fraction of sp³-hybridized carbons (Fsp3) is 0.286. The van der Waals surface area contributed by atoms with E-state index in [2.05, 4.69) is 20.3 Å². The van der Waals surface area contributed by atoms with Crippen molar-refractivity contribution >= 4 is 5.91 Å². The molecule has 5 rings (SSSR count). The summed E-state index contributed by atoms with van der Waals surface area (Å²) < 4.78 is 60.9. The Morgan fingerprint density at radius 3 is 2.68 bits per heavy atom. The Morgan fingerprint density at radius 1 is 1.10 bits per heavy atom. The molecule has 2 aliphatic rings. The molecule has 4 heterocycles. The lowest BCUT2D eigenvalue weighted by Crippen LogP contribution is -2.32. The Balaban J connectivity index is 1.62. The number of ether oxygens (including phenoxy) is 1. The van der Waals surface area contributed by atoms with Gasteiger partial charge >= 0.3 is 6.18 Å². The number of aryl methyl sites for hydroxylation is 2. The first-order valence-electron chi connectivity index (χ1n) is 9.65. The SMILES string of the molecule is Cc1cc(Oc2ncc3c(c2F)-c2[nH]c4c(c2CC3)C(=O)NCC4)c(C(F)(F)F)cn1. The van der Waals surface area contributed by atoms with Crippen LogP contribution in [-0.2, 0) is 25.4 Å². The van der Waals surface area contributed by atoms with Gasteiger partial charge in [0, 0.05) is 48.4 Å². The van der Waals surface area contributed by atoms with E-state index in [1.807, 2.05) is 0 Å². The molecule has 31 heavy (non-hydrogen) atoms. The summed E-state index contributed by atoms with van der Waals surface area (Å²) in [4.78, 5) is 23.0. The van der Waals surface area contributed by atoms with Crippen LogP contribution in [0.3, 0.4) is 0 Å². The topological polar surface area (TPSA) is 79.9 Å². The standard InChI is InChI=1S/C21H16F4N4O2/c1-9-6-14(12(8-27-9)21(23,24)25)31-20-17(22)15-10(7-28-20)2-3-11-16-13(29-18(11)15)4-5-26-19(16)30/h6-8,29H,2-5H2,1H3,(H,26,30). The minimum atomic E-state index is -4.72. The van der Waals surface area contributed by atoms with Crippen LogP contribution in [0.25, 0.3) is 11.3 Å². The second-order valence-corrected chi connectivity index (χ2v) is 7.54. The first-order chi connectivity index (χ1) is 14.7. The molecular formula is C21H16F4N4O2. The Kier molecular flexibility index (Phi) is 4.28. The van der Waals surface area contributed by atoms with Crippen LogP contribution in [-0.4, -0.2) is 27.4 Å². The molecule has 0 saturated heterocycles. The van der Waals surface area contributed by atoms with Crippen LogP contribution in [0.4, 0.5) is 17.6 Å². The average molecular weight is 432 g/mol. The first kappa shape index (κ1) is 19.5. The second kappa shape index (κ2) is 6.79. The molecule has 10 heteroatoms. The number of aromatic amines is 1. The molecular weight excluding hydrogens is 416 g/mol. The Labute approximate surface area is 173 Å². The first-order valence-corrected chi connectivity index (χ1v) is 9.65. The molecule has 3 aromatic heterocycles. The average Bonchev–Trinajstić information content (AvgIpc) is 3.09. The van der Waals surface area contributed by atoms with Crippen molar-refractivity contribution in [3.05, 3.63) is 57.9 Å². The van der Waals surface area contributed by atoms with Gasteiger partial charge in [0.15, 0.2) is 5.82 Å². The minimum absolute atomic E-state index is 0.174. The van der Waals surface area contributed by atoms with E-state index >= 15 is 4.39 Å². The normalized spacial score (nSPS) is 15.1. The number of amides is 1. The molecule has 1 amide bonds. The van der Waals surface area contributed by atoms with Crippen LogP contribution < -0.4 is 10.1 Å². The minimum Gasteiger partial charge on any atom is -0.436 e. The molecule has 2 N–H and O–H groups in total. The molecule has 1 aliphatic heterocycles. The van der Waals surface area contributed by atoms with Crippen molar-refractivity contribution in [3.63, 3.8) is 0 Å². The summed E-state index contributed by atoms with van der Waals surface area (Å²) in [5.41, 5.74) is 2.34. The largest absolute Gasteiger partial charge is 0.436 e. The lowest BCUT2D eigenvalue weighted by molar-refractivity contribution is -0.138. The number of alkyl halides is 3. The van der Waals surface area contributed by atoms with Gasteiger partial charge in [-0.05, 0) is 30.9 Å². The molecule has 160 valence electrons. The predicted molar refractivity (Wildman–Crippen MR) is 101 cm³/mol. The number of hydrogen-bond donors (Lipinski definition) is 2. The van der Waals surface area contributed by atoms with E-state index in [0.717, 1.165) is 11.8 Å². The number of pyridine rings is 2. The number of halogens is 4. The number of nitrogens with one attached hydrogen (secondary N) is 2. The zero-order valence-corrected chi connectivity index (χ0v) is 16.3. The highest BCUT2D eigenvalue weighted by atomic mass is 19.4. The molecule has 1 aliphatic carbocycles. The molecule has 0 aromatic carbocycles. The molecule has 0 radical (unpaired) electrons. The highest BCUT2D eigenvalue weighted by Gasteiger charge is 2.36. The number of rotatable bonds is 2. The Bertz CT molecular complexity index is 1230. The van der Waals surface area contributed by atoms with Crippen molar-refractivity contribution in [1.82, 2.24) is 20.3 Å². The molecule has 0 saturated carbocycles. The van der Waals surface area contributed by atoms with Crippen LogP contribution in [0, 0.1) is 12.7 Å². The summed E-state index contributed by atoms with van der Waals surface area (Å²) in [6.45, 7) is 1.98. The molecule has 0 bridgehead atoms. The second-order valence-electron chi connectivity index (χ2n) is 7.54. The smallest absolute Gasteiger partial charge is 0.421 e. The number of carbonyl (C=O) groups excluding carboxylic acids is 1. The highest BCUT2D eigenvalue weighted by molar-refractivity contribution is 6.00. The lowest BCUT2D eigenvalue weighted by Gasteiger charge is -2.20. The van der Waals surface area contributed by atoms with Crippen molar-refractivity contribution in [2.45, 2.75) is 32.4 Å². The zero-order valence-electron chi connectivity index (χ0n) is 16.3. The van der Waals surface area contributed by atoms with Crippen molar-refractivity contribution in [2.24, 2.45) is 0 Å². The summed E-state index contributed by atoms with van der Waals surface area (Å²) in [5, 5.41) is 2.78. The molecule has 0 unspecified atom stereocenters. The van der Waals surface area contributed by atoms with Gasteiger partial charge in [0.05, 0.1) is 11.3 Å². The van der Waals surface area contributed by atoms with Gasteiger partial charge in [-0.3, -0.25) is 9.78 Å². The van der Waals surface area contributed by atoms with Crippen LogP contribution in [0.2, 0.25) is 0 Å².